The Bertz CT molecular complexity index is 332. The van der Waals surface area contributed by atoms with Crippen molar-refractivity contribution in [3.05, 3.63) is 11.9 Å². The van der Waals surface area contributed by atoms with Crippen LogP contribution in [0.25, 0.3) is 0 Å². The van der Waals surface area contributed by atoms with Crippen molar-refractivity contribution in [3.63, 3.8) is 0 Å². The third-order valence-electron chi connectivity index (χ3n) is 2.58. The summed E-state index contributed by atoms with van der Waals surface area (Å²) in [5, 5.41) is 0. The molecular weight excluding hydrogens is 187 g/mol. The minimum Gasteiger partial charge on any atom is -0.463 e. The van der Waals surface area contributed by atoms with Crippen LogP contribution in [0.3, 0.4) is 0 Å². The van der Waals surface area contributed by atoms with E-state index in [1.54, 1.807) is 13.8 Å². The SMILES string of the molecule is CC(C)OC(=O)[C@H]1[C@@H]2C=C(F)C(=O)[C@@H]21. The first-order chi connectivity index (χ1) is 6.52. The number of fused-ring (bicyclic) bond motifs is 1. The number of esters is 1. The van der Waals surface area contributed by atoms with Crippen molar-refractivity contribution in [1.82, 2.24) is 0 Å². The number of hydrogen-bond donors (Lipinski definition) is 0. The van der Waals surface area contributed by atoms with Crippen LogP contribution in [0.1, 0.15) is 13.8 Å². The van der Waals surface area contributed by atoms with Gasteiger partial charge in [-0.25, -0.2) is 4.39 Å². The third-order valence-corrected chi connectivity index (χ3v) is 2.58. The van der Waals surface area contributed by atoms with Crippen molar-refractivity contribution in [2.75, 3.05) is 0 Å². The van der Waals surface area contributed by atoms with Crippen molar-refractivity contribution in [3.8, 4) is 0 Å². The Hall–Kier alpha value is -1.19. The van der Waals surface area contributed by atoms with Gasteiger partial charge in [0.25, 0.3) is 0 Å². The van der Waals surface area contributed by atoms with Gasteiger partial charge in [-0.3, -0.25) is 9.59 Å². The minimum absolute atomic E-state index is 0.187. The molecule has 0 aromatic rings. The van der Waals surface area contributed by atoms with E-state index in [9.17, 15) is 14.0 Å². The summed E-state index contributed by atoms with van der Waals surface area (Å²) in [5.74, 6) is -2.76. The Balaban J connectivity index is 2.00. The summed E-state index contributed by atoms with van der Waals surface area (Å²) in [7, 11) is 0. The molecule has 0 N–H and O–H groups in total. The predicted molar refractivity (Wildman–Crippen MR) is 45.9 cm³/mol. The Kier molecular flexibility index (Phi) is 1.94. The number of carbonyl (C=O) groups is 2. The van der Waals surface area contributed by atoms with Crippen LogP contribution >= 0.6 is 0 Å². The fraction of sp³-hybridized carbons (Fsp3) is 0.600. The summed E-state index contributed by atoms with van der Waals surface area (Å²) in [5.41, 5.74) is 0. The molecule has 0 bridgehead atoms. The van der Waals surface area contributed by atoms with E-state index < -0.39 is 23.4 Å². The number of rotatable bonds is 2. The van der Waals surface area contributed by atoms with E-state index in [-0.39, 0.29) is 18.0 Å². The van der Waals surface area contributed by atoms with Gasteiger partial charge in [0.1, 0.15) is 0 Å². The molecule has 1 fully saturated rings. The van der Waals surface area contributed by atoms with Crippen molar-refractivity contribution < 1.29 is 18.7 Å². The fourth-order valence-electron chi connectivity index (χ4n) is 1.90. The molecule has 4 heteroatoms. The van der Waals surface area contributed by atoms with Crippen molar-refractivity contribution in [2.24, 2.45) is 17.8 Å². The van der Waals surface area contributed by atoms with Crippen LogP contribution < -0.4 is 0 Å². The maximum Gasteiger partial charge on any atom is 0.310 e. The second kappa shape index (κ2) is 2.90. The molecule has 3 atom stereocenters. The first-order valence-corrected chi connectivity index (χ1v) is 4.64. The number of carbonyl (C=O) groups excluding carboxylic acids is 2. The average molecular weight is 198 g/mol. The largest absolute Gasteiger partial charge is 0.463 e. The zero-order chi connectivity index (χ0) is 10.5. The molecule has 2 aliphatic carbocycles. The van der Waals surface area contributed by atoms with Gasteiger partial charge in [-0.2, -0.15) is 0 Å². The molecule has 0 heterocycles. The second-order valence-corrected chi connectivity index (χ2v) is 3.99. The van der Waals surface area contributed by atoms with E-state index >= 15 is 0 Å². The van der Waals surface area contributed by atoms with Gasteiger partial charge >= 0.3 is 5.97 Å². The van der Waals surface area contributed by atoms with Crippen LogP contribution in [0.2, 0.25) is 0 Å². The topological polar surface area (TPSA) is 43.4 Å². The summed E-state index contributed by atoms with van der Waals surface area (Å²) < 4.78 is 17.6. The predicted octanol–water partition coefficient (Wildman–Crippen LogP) is 1.24. The standard InChI is InChI=1S/C10H11FO3/c1-4(2)14-10(13)8-5-3-6(11)9(12)7(5)8/h3-5,7-8H,1-2H3/t5-,7+,8+/m1/s1. The molecule has 0 aromatic carbocycles. The molecule has 14 heavy (non-hydrogen) atoms. The first-order valence-electron chi connectivity index (χ1n) is 4.64. The fourth-order valence-corrected chi connectivity index (χ4v) is 1.90. The molecule has 2 aliphatic rings. The molecule has 0 aromatic heterocycles. The molecular formula is C10H11FO3. The van der Waals surface area contributed by atoms with Crippen LogP contribution in [0, 0.1) is 17.8 Å². The lowest BCUT2D eigenvalue weighted by atomic mass is 10.2. The van der Waals surface area contributed by atoms with Crippen LogP contribution in [-0.2, 0) is 14.3 Å². The van der Waals surface area contributed by atoms with E-state index in [0.717, 1.165) is 0 Å². The number of ketones is 1. The molecule has 0 spiro atoms. The molecule has 0 amide bonds. The smallest absolute Gasteiger partial charge is 0.310 e. The lowest BCUT2D eigenvalue weighted by Crippen LogP contribution is -2.17. The lowest BCUT2D eigenvalue weighted by molar-refractivity contribution is -0.150. The van der Waals surface area contributed by atoms with Crippen molar-refractivity contribution >= 4 is 11.8 Å². The molecule has 3 nitrogen and oxygen atoms in total. The monoisotopic (exact) mass is 198 g/mol. The molecule has 0 radical (unpaired) electrons. The van der Waals surface area contributed by atoms with Gasteiger partial charge < -0.3 is 4.74 Å². The maximum absolute atomic E-state index is 12.7. The van der Waals surface area contributed by atoms with Gasteiger partial charge in [0.05, 0.1) is 12.0 Å². The number of halogens is 1. The van der Waals surface area contributed by atoms with Crippen LogP contribution in [-0.4, -0.2) is 17.9 Å². The number of hydrogen-bond acceptors (Lipinski definition) is 3. The Morgan fingerprint density at radius 3 is 2.64 bits per heavy atom. The highest BCUT2D eigenvalue weighted by molar-refractivity contribution is 6.05. The van der Waals surface area contributed by atoms with E-state index in [0.29, 0.717) is 0 Å². The van der Waals surface area contributed by atoms with Gasteiger partial charge in [0, 0.05) is 11.8 Å². The Morgan fingerprint density at radius 1 is 1.57 bits per heavy atom. The molecule has 2 rings (SSSR count). The van der Waals surface area contributed by atoms with Gasteiger partial charge in [-0.05, 0) is 19.9 Å². The number of allylic oxidation sites excluding steroid dienone is 2. The highest BCUT2D eigenvalue weighted by Crippen LogP contribution is 2.54. The summed E-state index contributed by atoms with van der Waals surface area (Å²) >= 11 is 0. The summed E-state index contributed by atoms with van der Waals surface area (Å²) in [6.45, 7) is 3.49. The lowest BCUT2D eigenvalue weighted by Gasteiger charge is -2.07. The van der Waals surface area contributed by atoms with Gasteiger partial charge in [0.15, 0.2) is 11.6 Å². The van der Waals surface area contributed by atoms with E-state index in [4.69, 9.17) is 4.74 Å². The maximum atomic E-state index is 12.7. The van der Waals surface area contributed by atoms with Gasteiger partial charge in [-0.1, -0.05) is 0 Å². The Morgan fingerprint density at radius 2 is 2.21 bits per heavy atom. The molecule has 76 valence electrons. The van der Waals surface area contributed by atoms with Crippen LogP contribution in [0.5, 0.6) is 0 Å². The highest BCUT2D eigenvalue weighted by Gasteiger charge is 2.63. The number of Topliss-reactive ketones (excluding diaryl/α,β-unsaturated/α-hetero) is 1. The van der Waals surface area contributed by atoms with E-state index in [2.05, 4.69) is 0 Å². The van der Waals surface area contributed by atoms with Crippen LogP contribution in [0.15, 0.2) is 11.9 Å². The second-order valence-electron chi connectivity index (χ2n) is 3.99. The first kappa shape index (κ1) is 9.37. The summed E-state index contributed by atoms with van der Waals surface area (Å²) in [6.07, 6.45) is 1.05. The molecule has 0 saturated heterocycles. The zero-order valence-electron chi connectivity index (χ0n) is 7.99. The highest BCUT2D eigenvalue weighted by atomic mass is 19.1. The molecule has 0 aliphatic heterocycles. The third kappa shape index (κ3) is 1.25. The van der Waals surface area contributed by atoms with Gasteiger partial charge in [-0.15, -0.1) is 0 Å². The van der Waals surface area contributed by atoms with Crippen molar-refractivity contribution in [1.29, 1.82) is 0 Å². The van der Waals surface area contributed by atoms with E-state index in [1.165, 1.54) is 6.08 Å². The van der Waals surface area contributed by atoms with Crippen LogP contribution in [0.4, 0.5) is 4.39 Å². The van der Waals surface area contributed by atoms with Crippen molar-refractivity contribution in [2.45, 2.75) is 20.0 Å². The molecule has 1 saturated carbocycles. The zero-order valence-corrected chi connectivity index (χ0v) is 7.99. The minimum atomic E-state index is -0.700. The average Bonchev–Trinajstić information content (AvgIpc) is 2.68. The number of ether oxygens (including phenoxy) is 1. The molecule has 0 unspecified atom stereocenters. The Labute approximate surface area is 80.9 Å². The summed E-state index contributed by atoms with van der Waals surface area (Å²) in [4.78, 5) is 22.5. The van der Waals surface area contributed by atoms with Gasteiger partial charge in [0.2, 0.25) is 0 Å². The summed E-state index contributed by atoms with van der Waals surface area (Å²) in [6, 6.07) is 0. The normalized spacial score (nSPS) is 34.1. The quantitative estimate of drug-likeness (QED) is 0.627. The van der Waals surface area contributed by atoms with E-state index in [1.807, 2.05) is 0 Å².